The lowest BCUT2D eigenvalue weighted by atomic mass is 9.86. The third kappa shape index (κ3) is 2.98. The van der Waals surface area contributed by atoms with E-state index in [0.717, 1.165) is 46.4 Å². The fourth-order valence-corrected chi connectivity index (χ4v) is 4.08. The molecule has 0 saturated heterocycles. The van der Waals surface area contributed by atoms with Crippen molar-refractivity contribution in [1.82, 2.24) is 4.98 Å². The van der Waals surface area contributed by atoms with Crippen LogP contribution in [0.4, 0.5) is 5.69 Å². The summed E-state index contributed by atoms with van der Waals surface area (Å²) in [6.45, 7) is 4.32. The predicted molar refractivity (Wildman–Crippen MR) is 116 cm³/mol. The number of fused-ring (bicyclic) bond motifs is 2. The standard InChI is InChI=1S/C24H23N3O3.H2/c1-23(2,9-10-25)21-12-15-11-17(4-5-18(15)27-21)26-22(28)24(7-8-24)16-3-6-19-20(13-16)30-14-29-19;/h3-6,11-13,27H,7-9,14H2,1-2H3,(H,26,28);1H. The molecule has 2 heterocycles. The molecule has 2 N–H and O–H groups in total. The smallest absolute Gasteiger partial charge is 0.235 e. The van der Waals surface area contributed by atoms with Crippen LogP contribution in [0.3, 0.4) is 0 Å². The van der Waals surface area contributed by atoms with Crippen LogP contribution in [-0.2, 0) is 15.6 Å². The Bertz CT molecular complexity index is 1200. The van der Waals surface area contributed by atoms with E-state index in [2.05, 4.69) is 22.4 Å². The molecule has 1 saturated carbocycles. The Morgan fingerprint density at radius 2 is 2.00 bits per heavy atom. The molecule has 0 bridgehead atoms. The largest absolute Gasteiger partial charge is 0.454 e. The maximum atomic E-state index is 13.2. The summed E-state index contributed by atoms with van der Waals surface area (Å²) in [4.78, 5) is 16.6. The number of benzene rings is 2. The molecule has 6 nitrogen and oxygen atoms in total. The maximum Gasteiger partial charge on any atom is 0.235 e. The van der Waals surface area contributed by atoms with Crippen LogP contribution in [0.1, 0.15) is 45.8 Å². The zero-order chi connectivity index (χ0) is 20.9. The van der Waals surface area contributed by atoms with Crippen molar-refractivity contribution in [3.63, 3.8) is 0 Å². The Kier molecular flexibility index (Phi) is 4.04. The number of carbonyl (C=O) groups excluding carboxylic acids is 1. The second kappa shape index (κ2) is 6.53. The molecule has 0 atom stereocenters. The molecule has 1 amide bonds. The van der Waals surface area contributed by atoms with E-state index in [9.17, 15) is 4.79 Å². The molecule has 1 fully saturated rings. The molecule has 2 aromatic carbocycles. The molecule has 1 aliphatic carbocycles. The van der Waals surface area contributed by atoms with Crippen LogP contribution in [0.5, 0.6) is 11.5 Å². The zero-order valence-corrected chi connectivity index (χ0v) is 17.0. The normalized spacial score (nSPS) is 16.3. The lowest BCUT2D eigenvalue weighted by molar-refractivity contribution is -0.118. The van der Waals surface area contributed by atoms with E-state index in [-0.39, 0.29) is 19.5 Å². The van der Waals surface area contributed by atoms with Gasteiger partial charge < -0.3 is 19.8 Å². The number of nitriles is 1. The van der Waals surface area contributed by atoms with Gasteiger partial charge in [-0.25, -0.2) is 0 Å². The summed E-state index contributed by atoms with van der Waals surface area (Å²) < 4.78 is 10.9. The summed E-state index contributed by atoms with van der Waals surface area (Å²) in [6, 6.07) is 15.9. The van der Waals surface area contributed by atoms with E-state index in [1.165, 1.54) is 0 Å². The van der Waals surface area contributed by atoms with Crippen molar-refractivity contribution in [2.45, 2.75) is 43.9 Å². The van der Waals surface area contributed by atoms with Crippen LogP contribution < -0.4 is 14.8 Å². The highest BCUT2D eigenvalue weighted by Gasteiger charge is 2.51. The van der Waals surface area contributed by atoms with Crippen LogP contribution in [0, 0.1) is 11.3 Å². The molecule has 0 radical (unpaired) electrons. The number of aromatic amines is 1. The summed E-state index contributed by atoms with van der Waals surface area (Å²) in [5.74, 6) is 1.43. The van der Waals surface area contributed by atoms with Gasteiger partial charge in [0.2, 0.25) is 12.7 Å². The predicted octanol–water partition coefficient (Wildman–Crippen LogP) is 5.00. The Hall–Kier alpha value is -3.46. The van der Waals surface area contributed by atoms with E-state index in [1.807, 2.05) is 50.2 Å². The molecule has 154 valence electrons. The van der Waals surface area contributed by atoms with Gasteiger partial charge in [0.1, 0.15) is 0 Å². The number of amides is 1. The Labute approximate surface area is 176 Å². The number of nitrogens with one attached hydrogen (secondary N) is 2. The number of anilines is 1. The summed E-state index contributed by atoms with van der Waals surface area (Å²) >= 11 is 0. The quantitative estimate of drug-likeness (QED) is 0.627. The number of carbonyl (C=O) groups is 1. The topological polar surface area (TPSA) is 87.1 Å². The summed E-state index contributed by atoms with van der Waals surface area (Å²) in [5, 5.41) is 13.2. The number of rotatable bonds is 5. The number of hydrogen-bond acceptors (Lipinski definition) is 4. The van der Waals surface area contributed by atoms with E-state index in [1.54, 1.807) is 0 Å². The van der Waals surface area contributed by atoms with Crippen LogP contribution in [0.15, 0.2) is 42.5 Å². The highest BCUT2D eigenvalue weighted by molar-refractivity contribution is 6.02. The van der Waals surface area contributed by atoms with Gasteiger partial charge in [-0.05, 0) is 54.8 Å². The molecule has 1 aromatic heterocycles. The van der Waals surface area contributed by atoms with E-state index in [4.69, 9.17) is 14.7 Å². The van der Waals surface area contributed by atoms with Gasteiger partial charge >= 0.3 is 0 Å². The average Bonchev–Trinajstić information content (AvgIpc) is 3.19. The summed E-state index contributed by atoms with van der Waals surface area (Å²) in [7, 11) is 0. The fraction of sp³-hybridized carbons (Fsp3) is 0.333. The van der Waals surface area contributed by atoms with E-state index in [0.29, 0.717) is 12.2 Å². The van der Waals surface area contributed by atoms with Gasteiger partial charge in [-0.1, -0.05) is 19.9 Å². The Balaban J connectivity index is 0.00000231. The number of aromatic nitrogens is 1. The van der Waals surface area contributed by atoms with Crippen molar-refractivity contribution in [3.8, 4) is 17.6 Å². The molecule has 1 aliphatic heterocycles. The summed E-state index contributed by atoms with van der Waals surface area (Å²) in [5.41, 5.74) is 2.98. The lowest BCUT2D eigenvalue weighted by Gasteiger charge is -2.19. The van der Waals surface area contributed by atoms with Gasteiger partial charge in [-0.15, -0.1) is 0 Å². The van der Waals surface area contributed by atoms with Gasteiger partial charge in [0.05, 0.1) is 11.5 Å². The van der Waals surface area contributed by atoms with Crippen LogP contribution in [0.25, 0.3) is 10.9 Å². The lowest BCUT2D eigenvalue weighted by Crippen LogP contribution is -2.27. The first-order chi connectivity index (χ1) is 14.4. The number of ether oxygens (including phenoxy) is 2. The van der Waals surface area contributed by atoms with Crippen molar-refractivity contribution in [2.24, 2.45) is 0 Å². The van der Waals surface area contributed by atoms with Crippen LogP contribution >= 0.6 is 0 Å². The van der Waals surface area contributed by atoms with Crippen LogP contribution in [-0.4, -0.2) is 17.7 Å². The second-order valence-corrected chi connectivity index (χ2v) is 8.81. The molecule has 30 heavy (non-hydrogen) atoms. The Morgan fingerprint density at radius 1 is 1.20 bits per heavy atom. The minimum absolute atomic E-state index is 0. The van der Waals surface area contributed by atoms with Crippen molar-refractivity contribution < 1.29 is 15.7 Å². The van der Waals surface area contributed by atoms with Crippen molar-refractivity contribution in [3.05, 3.63) is 53.7 Å². The number of H-pyrrole nitrogens is 1. The molecule has 2 aliphatic rings. The van der Waals surface area contributed by atoms with Gasteiger partial charge in [0.15, 0.2) is 11.5 Å². The van der Waals surface area contributed by atoms with Gasteiger partial charge in [-0.3, -0.25) is 4.79 Å². The first-order valence-corrected chi connectivity index (χ1v) is 10.1. The van der Waals surface area contributed by atoms with Crippen molar-refractivity contribution in [1.29, 1.82) is 5.26 Å². The number of hydrogen-bond donors (Lipinski definition) is 2. The molecule has 5 rings (SSSR count). The molecular weight excluding hydrogens is 378 g/mol. The fourth-order valence-electron chi connectivity index (χ4n) is 4.08. The molecular formula is C24H25N3O3. The first-order valence-electron chi connectivity index (χ1n) is 10.1. The minimum atomic E-state index is -0.506. The third-order valence-corrected chi connectivity index (χ3v) is 6.24. The SMILES string of the molecule is CC(C)(CC#N)c1cc2cc(NC(=O)C3(c4ccc5c(c4)OCO5)CC3)ccc2[nH]1.[HH]. The minimum Gasteiger partial charge on any atom is -0.454 e. The highest BCUT2D eigenvalue weighted by Crippen LogP contribution is 2.51. The third-order valence-electron chi connectivity index (χ3n) is 6.24. The molecule has 3 aromatic rings. The van der Waals surface area contributed by atoms with Gasteiger partial charge in [0.25, 0.3) is 0 Å². The molecule has 0 spiro atoms. The average molecular weight is 403 g/mol. The Morgan fingerprint density at radius 3 is 2.77 bits per heavy atom. The van der Waals surface area contributed by atoms with Crippen molar-refractivity contribution >= 4 is 22.5 Å². The molecule has 6 heteroatoms. The highest BCUT2D eigenvalue weighted by atomic mass is 16.7. The van der Waals surface area contributed by atoms with Crippen molar-refractivity contribution in [2.75, 3.05) is 12.1 Å². The monoisotopic (exact) mass is 403 g/mol. The van der Waals surface area contributed by atoms with Gasteiger partial charge in [-0.2, -0.15) is 5.26 Å². The van der Waals surface area contributed by atoms with E-state index < -0.39 is 5.41 Å². The first kappa shape index (κ1) is 18.6. The zero-order valence-electron chi connectivity index (χ0n) is 17.0. The summed E-state index contributed by atoms with van der Waals surface area (Å²) in [6.07, 6.45) is 2.07. The second-order valence-electron chi connectivity index (χ2n) is 8.81. The van der Waals surface area contributed by atoms with Crippen LogP contribution in [0.2, 0.25) is 0 Å². The maximum absolute atomic E-state index is 13.2. The van der Waals surface area contributed by atoms with E-state index >= 15 is 0 Å². The van der Waals surface area contributed by atoms with Gasteiger partial charge in [0, 0.05) is 35.5 Å². The number of nitrogens with zero attached hydrogens (tertiary/aromatic N) is 1. The molecule has 0 unspecified atom stereocenters.